The predicted molar refractivity (Wildman–Crippen MR) is 75.3 cm³/mol. The standard InChI is InChI=1S/C15H15N3O3/c1-9-5-11(7-16)6-10(2)14(9)20-8-12-3-4-13(21-12)15(19)18-17/h3-6H,8,17H2,1-2H3,(H,18,19). The van der Waals surface area contributed by atoms with Gasteiger partial charge in [-0.05, 0) is 49.2 Å². The monoisotopic (exact) mass is 285 g/mol. The molecule has 0 aliphatic heterocycles. The Morgan fingerprint density at radius 3 is 2.62 bits per heavy atom. The van der Waals surface area contributed by atoms with Gasteiger partial charge in [0.2, 0.25) is 0 Å². The van der Waals surface area contributed by atoms with E-state index >= 15 is 0 Å². The van der Waals surface area contributed by atoms with Gasteiger partial charge in [-0.3, -0.25) is 10.2 Å². The molecule has 6 nitrogen and oxygen atoms in total. The lowest BCUT2D eigenvalue weighted by Gasteiger charge is -2.11. The number of hydrogen-bond acceptors (Lipinski definition) is 5. The largest absolute Gasteiger partial charge is 0.485 e. The number of hydrogen-bond donors (Lipinski definition) is 2. The van der Waals surface area contributed by atoms with Gasteiger partial charge in [0, 0.05) is 0 Å². The molecular weight excluding hydrogens is 270 g/mol. The Kier molecular flexibility index (Phi) is 4.26. The van der Waals surface area contributed by atoms with Crippen molar-refractivity contribution < 1.29 is 13.9 Å². The smallest absolute Gasteiger partial charge is 0.300 e. The molecule has 0 aliphatic rings. The van der Waals surface area contributed by atoms with Gasteiger partial charge in [-0.1, -0.05) is 0 Å². The van der Waals surface area contributed by atoms with E-state index in [4.69, 9.17) is 20.3 Å². The van der Waals surface area contributed by atoms with Crippen molar-refractivity contribution in [3.63, 3.8) is 0 Å². The first kappa shape index (κ1) is 14.6. The Bertz CT molecular complexity index is 690. The Morgan fingerprint density at radius 2 is 2.05 bits per heavy atom. The molecule has 1 aromatic carbocycles. The number of ether oxygens (including phenoxy) is 1. The van der Waals surface area contributed by atoms with Crippen LogP contribution in [-0.2, 0) is 6.61 Å². The van der Waals surface area contributed by atoms with Crippen molar-refractivity contribution in [2.24, 2.45) is 5.84 Å². The number of nitrogen functional groups attached to an aromatic ring is 1. The summed E-state index contributed by atoms with van der Waals surface area (Å²) in [6.45, 7) is 3.93. The molecule has 2 aromatic rings. The molecule has 1 amide bonds. The van der Waals surface area contributed by atoms with Crippen molar-refractivity contribution in [2.45, 2.75) is 20.5 Å². The first-order chi connectivity index (χ1) is 10.0. The number of rotatable bonds is 4. The minimum Gasteiger partial charge on any atom is -0.485 e. The van der Waals surface area contributed by atoms with Gasteiger partial charge in [0.05, 0.1) is 11.6 Å². The van der Waals surface area contributed by atoms with Crippen LogP contribution < -0.4 is 16.0 Å². The van der Waals surface area contributed by atoms with E-state index in [1.54, 1.807) is 18.2 Å². The molecule has 0 atom stereocenters. The molecule has 21 heavy (non-hydrogen) atoms. The van der Waals surface area contributed by atoms with E-state index in [1.165, 1.54) is 6.07 Å². The molecule has 2 rings (SSSR count). The van der Waals surface area contributed by atoms with Crippen LogP contribution in [0.5, 0.6) is 5.75 Å². The molecule has 3 N–H and O–H groups in total. The highest BCUT2D eigenvalue weighted by Gasteiger charge is 2.11. The van der Waals surface area contributed by atoms with Crippen LogP contribution in [0.15, 0.2) is 28.7 Å². The number of carbonyl (C=O) groups excluding carboxylic acids is 1. The minimum absolute atomic E-state index is 0.129. The second kappa shape index (κ2) is 6.11. The lowest BCUT2D eigenvalue weighted by molar-refractivity contribution is 0.0922. The number of carbonyl (C=O) groups is 1. The fourth-order valence-corrected chi connectivity index (χ4v) is 2.03. The summed E-state index contributed by atoms with van der Waals surface area (Å²) < 4.78 is 11.0. The highest BCUT2D eigenvalue weighted by Crippen LogP contribution is 2.25. The number of nitrogens with zero attached hydrogens (tertiary/aromatic N) is 1. The first-order valence-corrected chi connectivity index (χ1v) is 6.29. The van der Waals surface area contributed by atoms with Gasteiger partial charge in [0.25, 0.3) is 0 Å². The summed E-state index contributed by atoms with van der Waals surface area (Å²) in [7, 11) is 0. The second-order valence-corrected chi connectivity index (χ2v) is 4.58. The Morgan fingerprint density at radius 1 is 1.38 bits per heavy atom. The molecule has 108 valence electrons. The fraction of sp³-hybridized carbons (Fsp3) is 0.200. The quantitative estimate of drug-likeness (QED) is 0.508. The zero-order valence-electron chi connectivity index (χ0n) is 11.8. The predicted octanol–water partition coefficient (Wildman–Crippen LogP) is 1.95. The number of furan rings is 1. The summed E-state index contributed by atoms with van der Waals surface area (Å²) in [5.74, 6) is 5.88. The third kappa shape index (κ3) is 3.22. The Balaban J connectivity index is 2.12. The van der Waals surface area contributed by atoms with Gasteiger partial charge in [0.1, 0.15) is 18.1 Å². The lowest BCUT2D eigenvalue weighted by atomic mass is 10.1. The zero-order valence-corrected chi connectivity index (χ0v) is 11.8. The molecule has 1 heterocycles. The molecule has 0 fully saturated rings. The van der Waals surface area contributed by atoms with Gasteiger partial charge < -0.3 is 9.15 Å². The molecule has 0 unspecified atom stereocenters. The number of amides is 1. The van der Waals surface area contributed by atoms with Crippen LogP contribution in [0.3, 0.4) is 0 Å². The maximum absolute atomic E-state index is 11.3. The molecule has 1 aromatic heterocycles. The number of nitrogens with one attached hydrogen (secondary N) is 1. The number of hydrazine groups is 1. The van der Waals surface area contributed by atoms with E-state index in [0.717, 1.165) is 11.1 Å². The molecule has 0 spiro atoms. The van der Waals surface area contributed by atoms with Crippen molar-refractivity contribution in [1.82, 2.24) is 5.43 Å². The average Bonchev–Trinajstić information content (AvgIpc) is 2.94. The molecule has 0 bridgehead atoms. The lowest BCUT2D eigenvalue weighted by Crippen LogP contribution is -2.29. The topological polar surface area (TPSA) is 101 Å². The van der Waals surface area contributed by atoms with Gasteiger partial charge in [0.15, 0.2) is 5.76 Å². The summed E-state index contributed by atoms with van der Waals surface area (Å²) in [5.41, 5.74) is 4.34. The molecule has 0 aliphatic carbocycles. The third-order valence-electron chi connectivity index (χ3n) is 2.96. The summed E-state index contributed by atoms with van der Waals surface area (Å²) in [6.07, 6.45) is 0. The van der Waals surface area contributed by atoms with E-state index in [0.29, 0.717) is 17.1 Å². The van der Waals surface area contributed by atoms with Crippen LogP contribution in [0.25, 0.3) is 0 Å². The van der Waals surface area contributed by atoms with Crippen molar-refractivity contribution in [3.05, 3.63) is 52.5 Å². The van der Waals surface area contributed by atoms with Crippen molar-refractivity contribution >= 4 is 5.91 Å². The average molecular weight is 285 g/mol. The summed E-state index contributed by atoms with van der Waals surface area (Å²) in [6, 6.07) is 8.80. The van der Waals surface area contributed by atoms with E-state index in [2.05, 4.69) is 6.07 Å². The van der Waals surface area contributed by atoms with Crippen LogP contribution in [-0.4, -0.2) is 5.91 Å². The number of aryl methyl sites for hydroxylation is 2. The van der Waals surface area contributed by atoms with Crippen LogP contribution in [0.1, 0.15) is 33.0 Å². The summed E-state index contributed by atoms with van der Waals surface area (Å²) in [4.78, 5) is 11.3. The molecular formula is C15H15N3O3. The summed E-state index contributed by atoms with van der Waals surface area (Å²) in [5, 5.41) is 8.91. The first-order valence-electron chi connectivity index (χ1n) is 6.29. The van der Waals surface area contributed by atoms with E-state index in [-0.39, 0.29) is 12.4 Å². The molecule has 6 heteroatoms. The highest BCUT2D eigenvalue weighted by atomic mass is 16.5. The Hall–Kier alpha value is -2.78. The van der Waals surface area contributed by atoms with Gasteiger partial charge in [-0.25, -0.2) is 5.84 Å². The van der Waals surface area contributed by atoms with Gasteiger partial charge in [-0.15, -0.1) is 0 Å². The van der Waals surface area contributed by atoms with Crippen molar-refractivity contribution in [2.75, 3.05) is 0 Å². The maximum atomic E-state index is 11.3. The van der Waals surface area contributed by atoms with Crippen LogP contribution >= 0.6 is 0 Å². The number of nitrogens with two attached hydrogens (primary N) is 1. The third-order valence-corrected chi connectivity index (χ3v) is 2.96. The highest BCUT2D eigenvalue weighted by molar-refractivity contribution is 5.90. The van der Waals surface area contributed by atoms with Crippen molar-refractivity contribution in [1.29, 1.82) is 5.26 Å². The minimum atomic E-state index is -0.494. The van der Waals surface area contributed by atoms with E-state index < -0.39 is 5.91 Å². The fourth-order valence-electron chi connectivity index (χ4n) is 2.03. The molecule has 0 saturated heterocycles. The maximum Gasteiger partial charge on any atom is 0.300 e. The number of nitriles is 1. The molecule has 0 radical (unpaired) electrons. The van der Waals surface area contributed by atoms with Gasteiger partial charge >= 0.3 is 5.91 Å². The normalized spacial score (nSPS) is 10.0. The van der Waals surface area contributed by atoms with Crippen LogP contribution in [0, 0.1) is 25.2 Å². The van der Waals surface area contributed by atoms with Crippen LogP contribution in [0.2, 0.25) is 0 Å². The van der Waals surface area contributed by atoms with Gasteiger partial charge in [-0.2, -0.15) is 5.26 Å². The zero-order chi connectivity index (χ0) is 15.4. The van der Waals surface area contributed by atoms with Crippen molar-refractivity contribution in [3.8, 4) is 11.8 Å². The molecule has 0 saturated carbocycles. The van der Waals surface area contributed by atoms with Crippen LogP contribution in [0.4, 0.5) is 0 Å². The Labute approximate surface area is 122 Å². The summed E-state index contributed by atoms with van der Waals surface area (Å²) >= 11 is 0. The van der Waals surface area contributed by atoms with E-state index in [1.807, 2.05) is 19.3 Å². The van der Waals surface area contributed by atoms with E-state index in [9.17, 15) is 4.79 Å². The SMILES string of the molecule is Cc1cc(C#N)cc(C)c1OCc1ccc(C(=O)NN)o1. The number of benzene rings is 1. The second-order valence-electron chi connectivity index (χ2n) is 4.58.